The van der Waals surface area contributed by atoms with Crippen LogP contribution in [0.5, 0.6) is 0 Å². The van der Waals surface area contributed by atoms with Gasteiger partial charge in [0, 0.05) is 17.1 Å². The molecule has 1 aromatic heterocycles. The zero-order valence-electron chi connectivity index (χ0n) is 12.1. The fourth-order valence-electron chi connectivity index (χ4n) is 2.56. The minimum Gasteiger partial charge on any atom is -0.360 e. The largest absolute Gasteiger partial charge is 0.360 e. The van der Waals surface area contributed by atoms with Gasteiger partial charge in [-0.15, -0.1) is 12.4 Å². The Bertz CT molecular complexity index is 938. The Morgan fingerprint density at radius 2 is 1.87 bits per heavy atom. The standard InChI is InChI=1S/C16H15FN2O2S.ClH/c17-12-4-2-5-13(9-12)22(20,21)15-10-19-14-6-1-3-11(7-8-18)16(14)15;/h1-6,9-10,19H,7-8,18H2;1H. The topological polar surface area (TPSA) is 76.0 Å². The smallest absolute Gasteiger partial charge is 0.208 e. The highest BCUT2D eigenvalue weighted by Crippen LogP contribution is 2.31. The van der Waals surface area contributed by atoms with Crippen LogP contribution in [0.2, 0.25) is 0 Å². The average molecular weight is 355 g/mol. The van der Waals surface area contributed by atoms with Crippen LogP contribution in [0.1, 0.15) is 5.56 Å². The van der Waals surface area contributed by atoms with E-state index in [0.717, 1.165) is 17.1 Å². The summed E-state index contributed by atoms with van der Waals surface area (Å²) in [5.74, 6) is -0.580. The summed E-state index contributed by atoms with van der Waals surface area (Å²) in [5.41, 5.74) is 7.18. The number of nitrogens with two attached hydrogens (primary N) is 1. The molecule has 0 aliphatic carbocycles. The lowest BCUT2D eigenvalue weighted by atomic mass is 10.1. The summed E-state index contributed by atoms with van der Waals surface area (Å²) in [7, 11) is -3.80. The zero-order chi connectivity index (χ0) is 15.7. The van der Waals surface area contributed by atoms with Crippen molar-refractivity contribution >= 4 is 33.1 Å². The first-order valence-corrected chi connectivity index (χ1v) is 8.32. The summed E-state index contributed by atoms with van der Waals surface area (Å²) in [6.07, 6.45) is 2.02. The number of aromatic amines is 1. The second-order valence-electron chi connectivity index (χ2n) is 4.99. The first-order valence-electron chi connectivity index (χ1n) is 6.84. The molecule has 0 saturated heterocycles. The van der Waals surface area contributed by atoms with Gasteiger partial charge in [-0.3, -0.25) is 0 Å². The minimum atomic E-state index is -3.80. The average Bonchev–Trinajstić information content (AvgIpc) is 2.93. The molecule has 4 nitrogen and oxygen atoms in total. The maximum absolute atomic E-state index is 13.4. The van der Waals surface area contributed by atoms with E-state index in [0.29, 0.717) is 18.4 Å². The Kier molecular flexibility index (Phi) is 5.09. The molecule has 0 atom stereocenters. The number of hydrogen-bond donors (Lipinski definition) is 2. The van der Waals surface area contributed by atoms with E-state index >= 15 is 0 Å². The van der Waals surface area contributed by atoms with Gasteiger partial charge in [0.25, 0.3) is 0 Å². The van der Waals surface area contributed by atoms with E-state index in [1.807, 2.05) is 12.1 Å². The Morgan fingerprint density at radius 3 is 2.57 bits per heavy atom. The number of fused-ring (bicyclic) bond motifs is 1. The highest BCUT2D eigenvalue weighted by molar-refractivity contribution is 7.91. The second-order valence-corrected chi connectivity index (χ2v) is 6.91. The van der Waals surface area contributed by atoms with Gasteiger partial charge in [-0.05, 0) is 42.8 Å². The fraction of sp³-hybridized carbons (Fsp3) is 0.125. The molecule has 122 valence electrons. The first kappa shape index (κ1) is 17.5. The highest BCUT2D eigenvalue weighted by atomic mass is 35.5. The van der Waals surface area contributed by atoms with E-state index in [4.69, 9.17) is 5.73 Å². The van der Waals surface area contributed by atoms with Crippen LogP contribution in [-0.2, 0) is 16.3 Å². The Hall–Kier alpha value is -1.89. The molecule has 0 unspecified atom stereocenters. The van der Waals surface area contributed by atoms with Gasteiger partial charge in [0.2, 0.25) is 9.84 Å². The van der Waals surface area contributed by atoms with Crippen LogP contribution in [0.3, 0.4) is 0 Å². The van der Waals surface area contributed by atoms with E-state index in [1.54, 1.807) is 6.07 Å². The van der Waals surface area contributed by atoms with E-state index < -0.39 is 15.7 Å². The molecule has 0 aliphatic rings. The number of hydrogen-bond acceptors (Lipinski definition) is 3. The molecule has 0 fully saturated rings. The van der Waals surface area contributed by atoms with Gasteiger partial charge in [-0.2, -0.15) is 0 Å². The maximum Gasteiger partial charge on any atom is 0.208 e. The third-order valence-corrected chi connectivity index (χ3v) is 5.34. The molecule has 2 aromatic carbocycles. The number of sulfone groups is 1. The second kappa shape index (κ2) is 6.70. The van der Waals surface area contributed by atoms with Crippen molar-refractivity contribution in [3.05, 3.63) is 60.0 Å². The van der Waals surface area contributed by atoms with E-state index in [2.05, 4.69) is 4.98 Å². The summed E-state index contributed by atoms with van der Waals surface area (Å²) in [4.78, 5) is 3.05. The fourth-order valence-corrected chi connectivity index (χ4v) is 4.07. The molecule has 3 N–H and O–H groups in total. The lowest BCUT2D eigenvalue weighted by Crippen LogP contribution is -2.05. The number of H-pyrrole nitrogens is 1. The molecule has 0 aliphatic heterocycles. The monoisotopic (exact) mass is 354 g/mol. The third-order valence-electron chi connectivity index (χ3n) is 3.57. The molecule has 3 rings (SSSR count). The van der Waals surface area contributed by atoms with Crippen LogP contribution >= 0.6 is 12.4 Å². The van der Waals surface area contributed by atoms with Crippen molar-refractivity contribution in [1.82, 2.24) is 4.98 Å². The van der Waals surface area contributed by atoms with E-state index in [1.165, 1.54) is 24.4 Å². The Morgan fingerprint density at radius 1 is 1.13 bits per heavy atom. The highest BCUT2D eigenvalue weighted by Gasteiger charge is 2.23. The molecule has 0 amide bonds. The van der Waals surface area contributed by atoms with Crippen LogP contribution in [0.4, 0.5) is 4.39 Å². The predicted molar refractivity (Wildman–Crippen MR) is 90.2 cm³/mol. The lowest BCUT2D eigenvalue weighted by Gasteiger charge is -2.07. The molecule has 0 radical (unpaired) electrons. The Labute approximate surface area is 139 Å². The van der Waals surface area contributed by atoms with Crippen LogP contribution in [0.25, 0.3) is 10.9 Å². The van der Waals surface area contributed by atoms with Crippen LogP contribution in [-0.4, -0.2) is 19.9 Å². The number of halogens is 2. The molecular formula is C16H16ClFN2O2S. The van der Waals surface area contributed by atoms with Gasteiger partial charge >= 0.3 is 0 Å². The number of aromatic nitrogens is 1. The molecule has 0 saturated carbocycles. The predicted octanol–water partition coefficient (Wildman–Crippen LogP) is 3.06. The summed E-state index contributed by atoms with van der Waals surface area (Å²) < 4.78 is 39.0. The number of rotatable bonds is 4. The third kappa shape index (κ3) is 3.10. The van der Waals surface area contributed by atoms with E-state index in [9.17, 15) is 12.8 Å². The SMILES string of the molecule is Cl.NCCc1cccc2[nH]cc(S(=O)(=O)c3cccc(F)c3)c12. The summed E-state index contributed by atoms with van der Waals surface area (Å²) >= 11 is 0. The number of nitrogens with one attached hydrogen (secondary N) is 1. The van der Waals surface area contributed by atoms with E-state index in [-0.39, 0.29) is 22.2 Å². The Balaban J connectivity index is 0.00000192. The van der Waals surface area contributed by atoms with Gasteiger partial charge < -0.3 is 10.7 Å². The van der Waals surface area contributed by atoms with Crippen LogP contribution in [0.15, 0.2) is 58.5 Å². The van der Waals surface area contributed by atoms with Crippen molar-refractivity contribution < 1.29 is 12.8 Å². The van der Waals surface area contributed by atoms with Gasteiger partial charge in [0.05, 0.1) is 9.79 Å². The molecule has 23 heavy (non-hydrogen) atoms. The summed E-state index contributed by atoms with van der Waals surface area (Å²) in [6, 6.07) is 10.5. The first-order chi connectivity index (χ1) is 10.5. The van der Waals surface area contributed by atoms with Gasteiger partial charge in [-0.1, -0.05) is 18.2 Å². The van der Waals surface area contributed by atoms with Crippen molar-refractivity contribution in [1.29, 1.82) is 0 Å². The van der Waals surface area contributed by atoms with Crippen molar-refractivity contribution in [3.8, 4) is 0 Å². The van der Waals surface area contributed by atoms with Crippen molar-refractivity contribution in [2.24, 2.45) is 5.73 Å². The van der Waals surface area contributed by atoms with Gasteiger partial charge in [-0.25, -0.2) is 12.8 Å². The molecule has 7 heteroatoms. The zero-order valence-corrected chi connectivity index (χ0v) is 13.8. The summed E-state index contributed by atoms with van der Waals surface area (Å²) in [6.45, 7) is 0.420. The molecule has 3 aromatic rings. The molecular weight excluding hydrogens is 339 g/mol. The minimum absolute atomic E-state index is 0. The quantitative estimate of drug-likeness (QED) is 0.756. The maximum atomic E-state index is 13.4. The van der Waals surface area contributed by atoms with Gasteiger partial charge in [0.1, 0.15) is 5.82 Å². The normalized spacial score (nSPS) is 11.4. The summed E-state index contributed by atoms with van der Waals surface area (Å²) in [5, 5.41) is 0.622. The van der Waals surface area contributed by atoms with Crippen LogP contribution in [0, 0.1) is 5.82 Å². The van der Waals surface area contributed by atoms with Crippen molar-refractivity contribution in [2.75, 3.05) is 6.54 Å². The van der Waals surface area contributed by atoms with Crippen molar-refractivity contribution in [3.63, 3.8) is 0 Å². The number of benzene rings is 2. The van der Waals surface area contributed by atoms with Crippen molar-refractivity contribution in [2.45, 2.75) is 16.2 Å². The molecule has 0 spiro atoms. The molecule has 0 bridgehead atoms. The lowest BCUT2D eigenvalue weighted by molar-refractivity contribution is 0.591. The van der Waals surface area contributed by atoms with Crippen LogP contribution < -0.4 is 5.73 Å². The molecule has 1 heterocycles. The van der Waals surface area contributed by atoms with Gasteiger partial charge in [0.15, 0.2) is 0 Å².